The third-order valence-corrected chi connectivity index (χ3v) is 1.67. The zero-order valence-corrected chi connectivity index (χ0v) is 8.77. The molecule has 4 heteroatoms. The van der Waals surface area contributed by atoms with Gasteiger partial charge in [0, 0.05) is 11.8 Å². The van der Waals surface area contributed by atoms with Gasteiger partial charge in [-0.1, -0.05) is 13.8 Å². The molecule has 0 aliphatic rings. The summed E-state index contributed by atoms with van der Waals surface area (Å²) in [4.78, 5) is 11.4. The minimum Gasteiger partial charge on any atom is -0.508 e. The van der Waals surface area contributed by atoms with E-state index in [1.54, 1.807) is 6.21 Å². The van der Waals surface area contributed by atoms with Crippen LogP contribution in [0.25, 0.3) is 0 Å². The monoisotopic (exact) mass is 206 g/mol. The molecule has 15 heavy (non-hydrogen) atoms. The number of carbonyl (C=O) groups excluding carboxylic acids is 1. The second-order valence-electron chi connectivity index (χ2n) is 3.51. The molecule has 2 N–H and O–H groups in total. The lowest BCUT2D eigenvalue weighted by atomic mass is 10.2. The van der Waals surface area contributed by atoms with Crippen LogP contribution in [-0.4, -0.2) is 17.2 Å². The number of hydrogen-bond acceptors (Lipinski definition) is 3. The number of rotatable bonds is 3. The molecule has 0 unspecified atom stereocenters. The second kappa shape index (κ2) is 5.14. The number of hydrazone groups is 1. The Labute approximate surface area is 88.6 Å². The van der Waals surface area contributed by atoms with Gasteiger partial charge in [-0.2, -0.15) is 5.10 Å². The molecule has 0 heterocycles. The Morgan fingerprint density at radius 1 is 1.40 bits per heavy atom. The predicted octanol–water partition coefficient (Wildman–Crippen LogP) is 1.76. The van der Waals surface area contributed by atoms with Crippen molar-refractivity contribution in [2.75, 3.05) is 0 Å². The van der Waals surface area contributed by atoms with E-state index in [0.29, 0.717) is 11.5 Å². The van der Waals surface area contributed by atoms with E-state index in [2.05, 4.69) is 10.5 Å². The van der Waals surface area contributed by atoms with Crippen LogP contribution in [-0.2, 0) is 0 Å². The molecule has 0 bridgehead atoms. The predicted molar refractivity (Wildman–Crippen MR) is 58.9 cm³/mol. The SMILES string of the molecule is CC(C)/C=N/NC(=O)c1ccc(O)cc1. The molecule has 1 rings (SSSR count). The van der Waals surface area contributed by atoms with E-state index in [-0.39, 0.29) is 11.7 Å². The van der Waals surface area contributed by atoms with Crippen molar-refractivity contribution >= 4 is 12.1 Å². The first-order valence-electron chi connectivity index (χ1n) is 4.72. The zero-order chi connectivity index (χ0) is 11.3. The molecule has 0 radical (unpaired) electrons. The van der Waals surface area contributed by atoms with Crippen molar-refractivity contribution in [1.82, 2.24) is 5.43 Å². The Hall–Kier alpha value is -1.84. The van der Waals surface area contributed by atoms with Crippen molar-refractivity contribution in [2.24, 2.45) is 11.0 Å². The van der Waals surface area contributed by atoms with Crippen LogP contribution in [0.3, 0.4) is 0 Å². The highest BCUT2D eigenvalue weighted by molar-refractivity contribution is 5.94. The quantitative estimate of drug-likeness (QED) is 0.584. The summed E-state index contributed by atoms with van der Waals surface area (Å²) in [6.07, 6.45) is 1.65. The number of phenolic OH excluding ortho intramolecular Hbond substituents is 1. The van der Waals surface area contributed by atoms with E-state index in [1.807, 2.05) is 13.8 Å². The van der Waals surface area contributed by atoms with Crippen LogP contribution in [0.1, 0.15) is 24.2 Å². The van der Waals surface area contributed by atoms with Crippen LogP contribution in [0.2, 0.25) is 0 Å². The maximum absolute atomic E-state index is 11.4. The van der Waals surface area contributed by atoms with Gasteiger partial charge in [0.15, 0.2) is 0 Å². The third kappa shape index (κ3) is 3.81. The number of aromatic hydroxyl groups is 1. The topological polar surface area (TPSA) is 61.7 Å². The second-order valence-corrected chi connectivity index (χ2v) is 3.51. The largest absolute Gasteiger partial charge is 0.508 e. The van der Waals surface area contributed by atoms with Crippen molar-refractivity contribution in [3.05, 3.63) is 29.8 Å². The molecule has 0 spiro atoms. The van der Waals surface area contributed by atoms with Crippen LogP contribution in [0.15, 0.2) is 29.4 Å². The van der Waals surface area contributed by atoms with Gasteiger partial charge in [-0.05, 0) is 30.2 Å². The summed E-state index contributed by atoms with van der Waals surface area (Å²) in [6, 6.07) is 5.99. The highest BCUT2D eigenvalue weighted by Gasteiger charge is 2.02. The van der Waals surface area contributed by atoms with E-state index in [4.69, 9.17) is 5.11 Å². The molecule has 0 fully saturated rings. The van der Waals surface area contributed by atoms with Crippen LogP contribution >= 0.6 is 0 Å². The molecular formula is C11H14N2O2. The number of carbonyl (C=O) groups is 1. The molecular weight excluding hydrogens is 192 g/mol. The highest BCUT2D eigenvalue weighted by atomic mass is 16.3. The van der Waals surface area contributed by atoms with Crippen molar-refractivity contribution in [3.63, 3.8) is 0 Å². The fourth-order valence-electron chi connectivity index (χ4n) is 0.922. The summed E-state index contributed by atoms with van der Waals surface area (Å²) >= 11 is 0. The highest BCUT2D eigenvalue weighted by Crippen LogP contribution is 2.09. The molecule has 0 saturated carbocycles. The molecule has 1 aromatic rings. The lowest BCUT2D eigenvalue weighted by Crippen LogP contribution is -2.17. The summed E-state index contributed by atoms with van der Waals surface area (Å²) in [5.41, 5.74) is 2.87. The summed E-state index contributed by atoms with van der Waals surface area (Å²) in [5.74, 6) is 0.147. The van der Waals surface area contributed by atoms with Gasteiger partial charge in [-0.3, -0.25) is 4.79 Å². The average Bonchev–Trinajstić information content (AvgIpc) is 2.18. The minimum absolute atomic E-state index is 0.136. The molecule has 80 valence electrons. The molecule has 0 saturated heterocycles. The number of hydrogen-bond donors (Lipinski definition) is 2. The number of amides is 1. The lowest BCUT2D eigenvalue weighted by molar-refractivity contribution is 0.0955. The van der Waals surface area contributed by atoms with E-state index < -0.39 is 0 Å². The van der Waals surface area contributed by atoms with E-state index >= 15 is 0 Å². The molecule has 0 aromatic heterocycles. The summed E-state index contributed by atoms with van der Waals surface area (Å²) in [5, 5.41) is 12.8. The van der Waals surface area contributed by atoms with Crippen molar-refractivity contribution in [1.29, 1.82) is 0 Å². The van der Waals surface area contributed by atoms with E-state index in [9.17, 15) is 4.79 Å². The standard InChI is InChI=1S/C11H14N2O2/c1-8(2)7-12-13-11(15)9-3-5-10(14)6-4-9/h3-8,14H,1-2H3,(H,13,15)/b12-7+. The first kappa shape index (κ1) is 11.2. The van der Waals surface area contributed by atoms with Crippen molar-refractivity contribution in [2.45, 2.75) is 13.8 Å². The van der Waals surface area contributed by atoms with Gasteiger partial charge < -0.3 is 5.11 Å². The van der Waals surface area contributed by atoms with E-state index in [0.717, 1.165) is 0 Å². The third-order valence-electron chi connectivity index (χ3n) is 1.67. The molecule has 1 amide bonds. The van der Waals surface area contributed by atoms with Gasteiger partial charge in [-0.15, -0.1) is 0 Å². The first-order chi connectivity index (χ1) is 7.09. The summed E-state index contributed by atoms with van der Waals surface area (Å²) in [6.45, 7) is 3.94. The molecule has 0 atom stereocenters. The Kier molecular flexibility index (Phi) is 3.85. The van der Waals surface area contributed by atoms with E-state index in [1.165, 1.54) is 24.3 Å². The number of benzene rings is 1. The van der Waals surface area contributed by atoms with Gasteiger partial charge in [0.1, 0.15) is 5.75 Å². The Morgan fingerprint density at radius 3 is 2.53 bits per heavy atom. The van der Waals surface area contributed by atoms with Gasteiger partial charge in [-0.25, -0.2) is 5.43 Å². The average molecular weight is 206 g/mol. The van der Waals surface area contributed by atoms with Crippen molar-refractivity contribution in [3.8, 4) is 5.75 Å². The maximum Gasteiger partial charge on any atom is 0.271 e. The van der Waals surface area contributed by atoms with Gasteiger partial charge in [0.05, 0.1) is 0 Å². The Balaban J connectivity index is 2.58. The summed E-state index contributed by atoms with van der Waals surface area (Å²) in [7, 11) is 0. The minimum atomic E-state index is -0.285. The molecule has 1 aromatic carbocycles. The molecule has 0 aliphatic carbocycles. The fraction of sp³-hybridized carbons (Fsp3) is 0.273. The van der Waals surface area contributed by atoms with Crippen LogP contribution in [0.5, 0.6) is 5.75 Å². The summed E-state index contributed by atoms with van der Waals surface area (Å²) < 4.78 is 0. The molecule has 0 aliphatic heterocycles. The lowest BCUT2D eigenvalue weighted by Gasteiger charge is -2.00. The van der Waals surface area contributed by atoms with Gasteiger partial charge in [0.2, 0.25) is 0 Å². The Bertz CT molecular complexity index is 355. The number of nitrogens with one attached hydrogen (secondary N) is 1. The van der Waals surface area contributed by atoms with Crippen molar-refractivity contribution < 1.29 is 9.90 Å². The Morgan fingerprint density at radius 2 is 2.00 bits per heavy atom. The van der Waals surface area contributed by atoms with Crippen LogP contribution in [0, 0.1) is 5.92 Å². The molecule has 4 nitrogen and oxygen atoms in total. The normalized spacial score (nSPS) is 10.9. The zero-order valence-electron chi connectivity index (χ0n) is 8.77. The maximum atomic E-state index is 11.4. The van der Waals surface area contributed by atoms with Crippen LogP contribution in [0.4, 0.5) is 0 Å². The first-order valence-corrected chi connectivity index (χ1v) is 4.72. The van der Waals surface area contributed by atoms with Crippen LogP contribution < -0.4 is 5.43 Å². The smallest absolute Gasteiger partial charge is 0.271 e. The number of nitrogens with zero attached hydrogens (tertiary/aromatic N) is 1. The van der Waals surface area contributed by atoms with Gasteiger partial charge in [0.25, 0.3) is 5.91 Å². The van der Waals surface area contributed by atoms with Gasteiger partial charge >= 0.3 is 0 Å². The number of phenols is 1. The fourth-order valence-corrected chi connectivity index (χ4v) is 0.922.